The second-order valence-corrected chi connectivity index (χ2v) is 6.99. The molecule has 0 heterocycles. The first-order valence-electron chi connectivity index (χ1n) is 7.69. The second kappa shape index (κ2) is 7.50. The van der Waals surface area contributed by atoms with Crippen LogP contribution in [0.15, 0.2) is 16.6 Å². The van der Waals surface area contributed by atoms with Gasteiger partial charge in [0.15, 0.2) is 0 Å². The number of hydrogen-bond donors (Lipinski definition) is 1. The summed E-state index contributed by atoms with van der Waals surface area (Å²) in [5, 5.41) is 3.58. The molecule has 1 aromatic rings. The predicted molar refractivity (Wildman–Crippen MR) is 90.4 cm³/mol. The Kier molecular flexibility index (Phi) is 5.94. The van der Waals surface area contributed by atoms with Gasteiger partial charge in [-0.25, -0.2) is 0 Å². The van der Waals surface area contributed by atoms with Crippen LogP contribution < -0.4 is 14.8 Å². The van der Waals surface area contributed by atoms with Crippen molar-refractivity contribution in [2.75, 3.05) is 27.3 Å². The van der Waals surface area contributed by atoms with E-state index in [4.69, 9.17) is 9.47 Å². The van der Waals surface area contributed by atoms with Crippen molar-refractivity contribution in [2.45, 2.75) is 32.6 Å². The van der Waals surface area contributed by atoms with Gasteiger partial charge in [-0.05, 0) is 71.2 Å². The van der Waals surface area contributed by atoms with Gasteiger partial charge in [-0.1, -0.05) is 19.9 Å². The third kappa shape index (κ3) is 3.72. The van der Waals surface area contributed by atoms with Gasteiger partial charge in [0.25, 0.3) is 0 Å². The normalized spacial score (nSPS) is 21.2. The van der Waals surface area contributed by atoms with Crippen LogP contribution in [-0.2, 0) is 0 Å². The average molecular weight is 356 g/mol. The number of hydrogen-bond acceptors (Lipinski definition) is 3. The van der Waals surface area contributed by atoms with Crippen molar-refractivity contribution in [1.29, 1.82) is 0 Å². The lowest BCUT2D eigenvalue weighted by Crippen LogP contribution is -2.35. The van der Waals surface area contributed by atoms with Gasteiger partial charge in [-0.15, -0.1) is 0 Å². The highest BCUT2D eigenvalue weighted by Crippen LogP contribution is 2.49. The predicted octanol–water partition coefficient (Wildman–Crippen LogP) is 4.21. The van der Waals surface area contributed by atoms with Crippen molar-refractivity contribution in [3.8, 4) is 11.5 Å². The molecule has 4 heteroatoms. The maximum Gasteiger partial charge on any atom is 0.140 e. The summed E-state index contributed by atoms with van der Waals surface area (Å²) in [4.78, 5) is 0. The van der Waals surface area contributed by atoms with Gasteiger partial charge in [0, 0.05) is 0 Å². The molecule has 3 nitrogen and oxygen atoms in total. The first-order valence-corrected chi connectivity index (χ1v) is 8.48. The van der Waals surface area contributed by atoms with E-state index in [1.54, 1.807) is 14.2 Å². The van der Waals surface area contributed by atoms with Crippen LogP contribution in [0, 0.1) is 11.8 Å². The van der Waals surface area contributed by atoms with Crippen molar-refractivity contribution in [3.05, 3.63) is 22.2 Å². The van der Waals surface area contributed by atoms with Crippen molar-refractivity contribution in [2.24, 2.45) is 11.8 Å². The van der Waals surface area contributed by atoms with E-state index in [1.807, 2.05) is 6.07 Å². The minimum Gasteiger partial charge on any atom is -0.495 e. The number of rotatable bonds is 7. The van der Waals surface area contributed by atoms with Gasteiger partial charge in [-0.3, -0.25) is 0 Å². The van der Waals surface area contributed by atoms with Crippen LogP contribution in [0.3, 0.4) is 0 Å². The van der Waals surface area contributed by atoms with Crippen molar-refractivity contribution in [1.82, 2.24) is 5.32 Å². The molecule has 1 N–H and O–H groups in total. The van der Waals surface area contributed by atoms with E-state index in [0.717, 1.165) is 29.1 Å². The monoisotopic (exact) mass is 355 g/mol. The molecule has 0 amide bonds. The zero-order chi connectivity index (χ0) is 15.4. The molecule has 1 aromatic carbocycles. The summed E-state index contributed by atoms with van der Waals surface area (Å²) in [6, 6.07) is 4.18. The third-order valence-corrected chi connectivity index (χ3v) is 5.04. The molecule has 2 unspecified atom stereocenters. The van der Waals surface area contributed by atoms with E-state index >= 15 is 0 Å². The van der Waals surface area contributed by atoms with E-state index in [9.17, 15) is 0 Å². The molecule has 0 bridgehead atoms. The molecule has 0 aliphatic heterocycles. The zero-order valence-corrected chi connectivity index (χ0v) is 15.0. The second-order valence-electron chi connectivity index (χ2n) is 6.20. The zero-order valence-electron chi connectivity index (χ0n) is 13.4. The van der Waals surface area contributed by atoms with Gasteiger partial charge in [0.1, 0.15) is 16.0 Å². The SMILES string of the molecule is COc1ccc(C2CCC2CNCC(C)C)c(OC)c1Br. The van der Waals surface area contributed by atoms with E-state index in [-0.39, 0.29) is 0 Å². The Morgan fingerprint density at radius 3 is 2.52 bits per heavy atom. The van der Waals surface area contributed by atoms with Gasteiger partial charge in [-0.2, -0.15) is 0 Å². The number of benzene rings is 1. The molecule has 21 heavy (non-hydrogen) atoms. The molecule has 1 aliphatic rings. The lowest BCUT2D eigenvalue weighted by atomic mass is 9.69. The summed E-state index contributed by atoms with van der Waals surface area (Å²) >= 11 is 3.60. The molecule has 0 spiro atoms. The van der Waals surface area contributed by atoms with Crippen LogP contribution in [-0.4, -0.2) is 27.3 Å². The molecular formula is C17H26BrNO2. The Hall–Kier alpha value is -0.740. The summed E-state index contributed by atoms with van der Waals surface area (Å²) in [5.74, 6) is 3.74. The molecular weight excluding hydrogens is 330 g/mol. The van der Waals surface area contributed by atoms with Crippen molar-refractivity contribution >= 4 is 15.9 Å². The fourth-order valence-electron chi connectivity index (χ4n) is 2.99. The number of nitrogens with one attached hydrogen (secondary N) is 1. The maximum absolute atomic E-state index is 5.62. The lowest BCUT2D eigenvalue weighted by molar-refractivity contribution is 0.237. The van der Waals surface area contributed by atoms with Crippen LogP contribution in [0.1, 0.15) is 38.2 Å². The van der Waals surface area contributed by atoms with E-state index < -0.39 is 0 Å². The minimum atomic E-state index is 0.585. The molecule has 0 radical (unpaired) electrons. The van der Waals surface area contributed by atoms with Crippen LogP contribution in [0.25, 0.3) is 0 Å². The van der Waals surface area contributed by atoms with Gasteiger partial charge >= 0.3 is 0 Å². The third-order valence-electron chi connectivity index (χ3n) is 4.29. The molecule has 0 saturated heterocycles. The van der Waals surface area contributed by atoms with Crippen LogP contribution in [0.4, 0.5) is 0 Å². The fourth-order valence-corrected chi connectivity index (χ4v) is 3.68. The minimum absolute atomic E-state index is 0.585. The number of ether oxygens (including phenoxy) is 2. The Bertz CT molecular complexity index is 476. The average Bonchev–Trinajstić information content (AvgIpc) is 2.42. The highest BCUT2D eigenvalue weighted by atomic mass is 79.9. The summed E-state index contributed by atoms with van der Waals surface area (Å²) in [6.45, 7) is 6.67. The molecule has 118 valence electrons. The van der Waals surface area contributed by atoms with Gasteiger partial charge in [0.2, 0.25) is 0 Å². The molecule has 1 fully saturated rings. The fraction of sp³-hybridized carbons (Fsp3) is 0.647. The Morgan fingerprint density at radius 1 is 1.24 bits per heavy atom. The van der Waals surface area contributed by atoms with Crippen LogP contribution in [0.5, 0.6) is 11.5 Å². The first-order chi connectivity index (χ1) is 10.1. The summed E-state index contributed by atoms with van der Waals surface area (Å²) < 4.78 is 11.9. The van der Waals surface area contributed by atoms with E-state index in [0.29, 0.717) is 17.8 Å². The van der Waals surface area contributed by atoms with Gasteiger partial charge in [0.05, 0.1) is 14.2 Å². The highest BCUT2D eigenvalue weighted by Gasteiger charge is 2.34. The van der Waals surface area contributed by atoms with Crippen molar-refractivity contribution in [3.63, 3.8) is 0 Å². The smallest absolute Gasteiger partial charge is 0.140 e. The molecule has 2 atom stereocenters. The largest absolute Gasteiger partial charge is 0.495 e. The van der Waals surface area contributed by atoms with E-state index in [2.05, 4.69) is 41.2 Å². The Labute approximate surface area is 136 Å². The Morgan fingerprint density at radius 2 is 2.00 bits per heavy atom. The van der Waals surface area contributed by atoms with E-state index in [1.165, 1.54) is 18.4 Å². The maximum atomic E-state index is 5.62. The number of methoxy groups -OCH3 is 2. The molecule has 2 rings (SSSR count). The first kappa shape index (κ1) is 16.6. The Balaban J connectivity index is 2.09. The topological polar surface area (TPSA) is 30.5 Å². The van der Waals surface area contributed by atoms with Crippen molar-refractivity contribution < 1.29 is 9.47 Å². The summed E-state index contributed by atoms with van der Waals surface area (Å²) in [5.41, 5.74) is 1.30. The lowest BCUT2D eigenvalue weighted by Gasteiger charge is -2.38. The summed E-state index contributed by atoms with van der Waals surface area (Å²) in [6.07, 6.45) is 2.53. The molecule has 1 aliphatic carbocycles. The van der Waals surface area contributed by atoms with Crippen LogP contribution >= 0.6 is 15.9 Å². The summed E-state index contributed by atoms with van der Waals surface area (Å²) in [7, 11) is 3.41. The highest BCUT2D eigenvalue weighted by molar-refractivity contribution is 9.10. The molecule has 1 saturated carbocycles. The van der Waals surface area contributed by atoms with Gasteiger partial charge < -0.3 is 14.8 Å². The molecule has 0 aromatic heterocycles. The van der Waals surface area contributed by atoms with Crippen LogP contribution in [0.2, 0.25) is 0 Å². The standard InChI is InChI=1S/C17H26BrNO2/c1-11(2)9-19-10-12-5-6-13(12)14-7-8-15(20-3)16(18)17(14)21-4/h7-8,11-13,19H,5-6,9-10H2,1-4H3. The number of halogens is 1. The quantitative estimate of drug-likeness (QED) is 0.794.